The predicted molar refractivity (Wildman–Crippen MR) is 69.9 cm³/mol. The van der Waals surface area contributed by atoms with Crippen molar-refractivity contribution >= 4 is 28.6 Å². The van der Waals surface area contributed by atoms with Crippen molar-refractivity contribution in [3.05, 3.63) is 22.7 Å². The summed E-state index contributed by atoms with van der Waals surface area (Å²) >= 11 is 7.40. The first kappa shape index (κ1) is 11.5. The Bertz CT molecular complexity index is 475. The van der Waals surface area contributed by atoms with E-state index >= 15 is 0 Å². The van der Waals surface area contributed by atoms with Crippen LogP contribution >= 0.6 is 22.9 Å². The molecule has 0 aliphatic carbocycles. The van der Waals surface area contributed by atoms with Gasteiger partial charge in [0.25, 0.3) is 0 Å². The van der Waals surface area contributed by atoms with Crippen LogP contribution in [0.15, 0.2) is 18.3 Å². The van der Waals surface area contributed by atoms with Gasteiger partial charge in [-0.1, -0.05) is 24.9 Å². The van der Waals surface area contributed by atoms with Gasteiger partial charge in [-0.3, -0.25) is 4.68 Å². The molecule has 3 nitrogen and oxygen atoms in total. The first-order valence-corrected chi connectivity index (χ1v) is 6.48. The van der Waals surface area contributed by atoms with Crippen molar-refractivity contribution in [3.8, 4) is 10.6 Å². The summed E-state index contributed by atoms with van der Waals surface area (Å²) in [6, 6.07) is 3.82. The van der Waals surface area contributed by atoms with Gasteiger partial charge in [0, 0.05) is 12.7 Å². The lowest BCUT2D eigenvalue weighted by Crippen LogP contribution is -1.97. The fourth-order valence-corrected chi connectivity index (χ4v) is 2.55. The molecule has 0 fully saturated rings. The van der Waals surface area contributed by atoms with E-state index in [1.807, 2.05) is 23.0 Å². The second kappa shape index (κ2) is 4.89. The quantitative estimate of drug-likeness (QED) is 0.906. The highest BCUT2D eigenvalue weighted by Crippen LogP contribution is 2.33. The number of aromatic nitrogens is 2. The molecule has 0 aliphatic rings. The van der Waals surface area contributed by atoms with E-state index in [2.05, 4.69) is 12.0 Å². The molecule has 0 saturated carbocycles. The molecule has 0 amide bonds. The smallest absolute Gasteiger partial charge is 0.125 e. The average Bonchev–Trinajstić information content (AvgIpc) is 2.82. The van der Waals surface area contributed by atoms with Crippen molar-refractivity contribution in [1.82, 2.24) is 9.78 Å². The number of halogens is 1. The van der Waals surface area contributed by atoms with Crippen LogP contribution in [0.2, 0.25) is 4.34 Å². The summed E-state index contributed by atoms with van der Waals surface area (Å²) in [6.45, 7) is 3.08. The zero-order chi connectivity index (χ0) is 11.5. The number of aryl methyl sites for hydroxylation is 1. The predicted octanol–water partition coefficient (Wildman–Crippen LogP) is 3.65. The summed E-state index contributed by atoms with van der Waals surface area (Å²) in [5, 5.41) is 4.47. The van der Waals surface area contributed by atoms with Crippen LogP contribution in [0.5, 0.6) is 0 Å². The van der Waals surface area contributed by atoms with Gasteiger partial charge in [0.15, 0.2) is 0 Å². The summed E-state index contributed by atoms with van der Waals surface area (Å²) in [6.07, 6.45) is 4.16. The lowest BCUT2D eigenvalue weighted by atomic mass is 10.3. The van der Waals surface area contributed by atoms with Crippen LogP contribution in [0.4, 0.5) is 5.69 Å². The van der Waals surface area contributed by atoms with Crippen LogP contribution < -0.4 is 5.73 Å². The lowest BCUT2D eigenvalue weighted by Gasteiger charge is -1.97. The van der Waals surface area contributed by atoms with Crippen LogP contribution in [0.3, 0.4) is 0 Å². The maximum Gasteiger partial charge on any atom is 0.125 e. The topological polar surface area (TPSA) is 43.8 Å². The number of rotatable bonds is 4. The monoisotopic (exact) mass is 255 g/mol. The second-order valence-electron chi connectivity index (χ2n) is 3.65. The molecule has 0 saturated heterocycles. The van der Waals surface area contributed by atoms with Crippen molar-refractivity contribution in [2.24, 2.45) is 0 Å². The summed E-state index contributed by atoms with van der Waals surface area (Å²) in [5.74, 6) is 0. The Hall–Kier alpha value is -1.00. The van der Waals surface area contributed by atoms with E-state index < -0.39 is 0 Å². The minimum absolute atomic E-state index is 0.717. The SMILES string of the molecule is CCCCn1cc(N)c(-c2ccc(Cl)s2)n1. The van der Waals surface area contributed by atoms with Gasteiger partial charge in [-0.2, -0.15) is 5.10 Å². The number of hydrogen-bond acceptors (Lipinski definition) is 3. The highest BCUT2D eigenvalue weighted by atomic mass is 35.5. The maximum atomic E-state index is 5.93. The molecule has 0 aromatic carbocycles. The molecule has 5 heteroatoms. The molecule has 2 aromatic heterocycles. The summed E-state index contributed by atoms with van der Waals surface area (Å²) < 4.78 is 2.67. The zero-order valence-electron chi connectivity index (χ0n) is 9.11. The molecule has 0 unspecified atom stereocenters. The summed E-state index contributed by atoms with van der Waals surface area (Å²) in [5.41, 5.74) is 7.49. The number of thiophene rings is 1. The van der Waals surface area contributed by atoms with E-state index in [-0.39, 0.29) is 0 Å². The first-order chi connectivity index (χ1) is 7.70. The maximum absolute atomic E-state index is 5.93. The third kappa shape index (κ3) is 2.39. The third-order valence-corrected chi connectivity index (χ3v) is 3.58. The van der Waals surface area contributed by atoms with Crippen molar-refractivity contribution < 1.29 is 0 Å². The first-order valence-electron chi connectivity index (χ1n) is 5.29. The minimum Gasteiger partial charge on any atom is -0.396 e. The van der Waals surface area contributed by atoms with Crippen molar-refractivity contribution in [1.29, 1.82) is 0 Å². The molecule has 86 valence electrons. The van der Waals surface area contributed by atoms with Gasteiger partial charge in [0.2, 0.25) is 0 Å². The molecular formula is C11H14ClN3S. The highest BCUT2D eigenvalue weighted by molar-refractivity contribution is 7.19. The number of nitrogens with zero attached hydrogens (tertiary/aromatic N) is 2. The average molecular weight is 256 g/mol. The van der Waals surface area contributed by atoms with Gasteiger partial charge in [0.1, 0.15) is 5.69 Å². The van der Waals surface area contributed by atoms with Gasteiger partial charge < -0.3 is 5.73 Å². The fraction of sp³-hybridized carbons (Fsp3) is 0.364. The zero-order valence-corrected chi connectivity index (χ0v) is 10.7. The standard InChI is InChI=1S/C11H14ClN3S/c1-2-3-6-15-7-8(13)11(14-15)9-4-5-10(12)16-9/h4-5,7H,2-3,6,13H2,1H3. The van der Waals surface area contributed by atoms with E-state index in [1.54, 1.807) is 0 Å². The number of nitrogens with two attached hydrogens (primary N) is 1. The molecule has 0 aliphatic heterocycles. The fourth-order valence-electron chi connectivity index (χ4n) is 1.50. The third-order valence-electron chi connectivity index (χ3n) is 2.34. The number of nitrogen functional groups attached to an aromatic ring is 1. The van der Waals surface area contributed by atoms with Gasteiger partial charge in [0.05, 0.1) is 14.9 Å². The second-order valence-corrected chi connectivity index (χ2v) is 5.37. The lowest BCUT2D eigenvalue weighted by molar-refractivity contribution is 0.573. The minimum atomic E-state index is 0.717. The van der Waals surface area contributed by atoms with E-state index in [9.17, 15) is 0 Å². The van der Waals surface area contributed by atoms with E-state index in [0.717, 1.165) is 40.0 Å². The van der Waals surface area contributed by atoms with E-state index in [1.165, 1.54) is 11.3 Å². The summed E-state index contributed by atoms with van der Waals surface area (Å²) in [4.78, 5) is 1.03. The Balaban J connectivity index is 2.24. The van der Waals surface area contributed by atoms with Crippen molar-refractivity contribution in [3.63, 3.8) is 0 Å². The molecule has 2 rings (SSSR count). The number of unbranched alkanes of at least 4 members (excludes halogenated alkanes) is 1. The Kier molecular flexibility index (Phi) is 3.51. The van der Waals surface area contributed by atoms with Crippen molar-refractivity contribution in [2.45, 2.75) is 26.3 Å². The Morgan fingerprint density at radius 3 is 2.94 bits per heavy atom. The van der Waals surface area contributed by atoms with Crippen LogP contribution in [0.1, 0.15) is 19.8 Å². The number of hydrogen-bond donors (Lipinski definition) is 1. The van der Waals surface area contributed by atoms with Crippen LogP contribution in [0, 0.1) is 0 Å². The van der Waals surface area contributed by atoms with Gasteiger partial charge in [-0.05, 0) is 18.6 Å². The van der Waals surface area contributed by atoms with Crippen LogP contribution in [-0.4, -0.2) is 9.78 Å². The van der Waals surface area contributed by atoms with Crippen LogP contribution in [0.25, 0.3) is 10.6 Å². The molecule has 0 atom stereocenters. The number of anilines is 1. The van der Waals surface area contributed by atoms with E-state index in [0.29, 0.717) is 0 Å². The molecule has 0 bridgehead atoms. The normalized spacial score (nSPS) is 10.9. The molecule has 2 heterocycles. The highest BCUT2D eigenvalue weighted by Gasteiger charge is 2.10. The van der Waals surface area contributed by atoms with Crippen molar-refractivity contribution in [2.75, 3.05) is 5.73 Å². The van der Waals surface area contributed by atoms with Gasteiger partial charge in [-0.25, -0.2) is 0 Å². The largest absolute Gasteiger partial charge is 0.396 e. The molecular weight excluding hydrogens is 242 g/mol. The molecule has 0 radical (unpaired) electrons. The Labute approximate surface area is 104 Å². The molecule has 0 spiro atoms. The van der Waals surface area contributed by atoms with Gasteiger partial charge >= 0.3 is 0 Å². The van der Waals surface area contributed by atoms with E-state index in [4.69, 9.17) is 17.3 Å². The molecule has 2 aromatic rings. The van der Waals surface area contributed by atoms with Crippen LogP contribution in [-0.2, 0) is 6.54 Å². The Morgan fingerprint density at radius 2 is 2.31 bits per heavy atom. The van der Waals surface area contributed by atoms with Gasteiger partial charge in [-0.15, -0.1) is 11.3 Å². The molecule has 16 heavy (non-hydrogen) atoms. The summed E-state index contributed by atoms with van der Waals surface area (Å²) in [7, 11) is 0. The molecule has 2 N–H and O–H groups in total. The Morgan fingerprint density at radius 1 is 1.50 bits per heavy atom.